The fraction of sp³-hybridized carbons (Fsp3) is 0.278. The van der Waals surface area contributed by atoms with Gasteiger partial charge in [0.15, 0.2) is 5.78 Å². The van der Waals surface area contributed by atoms with Crippen LogP contribution in [0.15, 0.2) is 48.5 Å². The number of para-hydroxylation sites is 1. The van der Waals surface area contributed by atoms with E-state index in [1.54, 1.807) is 12.1 Å². The van der Waals surface area contributed by atoms with E-state index >= 15 is 0 Å². The highest BCUT2D eigenvalue weighted by Crippen LogP contribution is 2.29. The smallest absolute Gasteiger partial charge is 0.164 e. The van der Waals surface area contributed by atoms with E-state index in [-0.39, 0.29) is 17.6 Å². The van der Waals surface area contributed by atoms with Gasteiger partial charge in [0, 0.05) is 30.3 Å². The molecule has 2 aromatic carbocycles. The van der Waals surface area contributed by atoms with Gasteiger partial charge >= 0.3 is 0 Å². The summed E-state index contributed by atoms with van der Waals surface area (Å²) < 4.78 is 13.9. The molecule has 0 saturated heterocycles. The highest BCUT2D eigenvalue weighted by molar-refractivity contribution is 6.01. The average Bonchev–Trinajstić information content (AvgIpc) is 2.53. The molecule has 0 amide bonds. The van der Waals surface area contributed by atoms with Crippen LogP contribution in [0, 0.1) is 5.82 Å². The zero-order chi connectivity index (χ0) is 15.4. The first kappa shape index (κ1) is 15.2. The molecule has 0 aliphatic heterocycles. The Balaban J connectivity index is 2.39. The van der Waals surface area contributed by atoms with Crippen LogP contribution in [0.2, 0.25) is 0 Å². The van der Waals surface area contributed by atoms with E-state index in [1.165, 1.54) is 6.07 Å². The molecule has 2 nitrogen and oxygen atoms in total. The number of ketones is 1. The van der Waals surface area contributed by atoms with Crippen molar-refractivity contribution in [3.63, 3.8) is 0 Å². The van der Waals surface area contributed by atoms with Gasteiger partial charge in [-0.2, -0.15) is 0 Å². The molecule has 0 bridgehead atoms. The van der Waals surface area contributed by atoms with Gasteiger partial charge in [0.25, 0.3) is 0 Å². The van der Waals surface area contributed by atoms with Crippen LogP contribution in [-0.2, 0) is 0 Å². The van der Waals surface area contributed by atoms with Crippen LogP contribution >= 0.6 is 0 Å². The summed E-state index contributed by atoms with van der Waals surface area (Å²) in [7, 11) is 1.89. The quantitative estimate of drug-likeness (QED) is 0.747. The summed E-state index contributed by atoms with van der Waals surface area (Å²) in [4.78, 5) is 14.0. The van der Waals surface area contributed by atoms with Crippen LogP contribution in [0.25, 0.3) is 0 Å². The topological polar surface area (TPSA) is 20.3 Å². The lowest BCUT2D eigenvalue weighted by Gasteiger charge is -2.29. The van der Waals surface area contributed by atoms with Crippen molar-refractivity contribution in [2.75, 3.05) is 11.9 Å². The first-order valence-corrected chi connectivity index (χ1v) is 7.15. The zero-order valence-electron chi connectivity index (χ0n) is 12.6. The predicted molar refractivity (Wildman–Crippen MR) is 84.3 cm³/mol. The lowest BCUT2D eigenvalue weighted by Crippen LogP contribution is -2.24. The molecule has 1 atom stereocenters. The Labute approximate surface area is 125 Å². The lowest BCUT2D eigenvalue weighted by molar-refractivity contribution is 0.0988. The molecule has 2 rings (SSSR count). The molecule has 0 N–H and O–H groups in total. The van der Waals surface area contributed by atoms with Gasteiger partial charge in [-0.25, -0.2) is 4.39 Å². The molecule has 3 heteroatoms. The normalized spacial score (nSPS) is 12.0. The molecular formula is C18H20FNO. The van der Waals surface area contributed by atoms with E-state index in [2.05, 4.69) is 0 Å². The van der Waals surface area contributed by atoms with Crippen molar-refractivity contribution in [3.8, 4) is 0 Å². The Morgan fingerprint density at radius 2 is 1.76 bits per heavy atom. The van der Waals surface area contributed by atoms with Crippen LogP contribution in [0.1, 0.15) is 42.2 Å². The van der Waals surface area contributed by atoms with Gasteiger partial charge in [0.05, 0.1) is 6.04 Å². The van der Waals surface area contributed by atoms with Gasteiger partial charge in [0.2, 0.25) is 0 Å². The van der Waals surface area contributed by atoms with Crippen molar-refractivity contribution >= 4 is 11.5 Å². The van der Waals surface area contributed by atoms with Crippen LogP contribution in [0.4, 0.5) is 10.1 Å². The molecule has 110 valence electrons. The summed E-state index contributed by atoms with van der Waals surface area (Å²) >= 11 is 0. The Morgan fingerprint density at radius 1 is 1.14 bits per heavy atom. The summed E-state index contributed by atoms with van der Waals surface area (Å²) in [6.45, 7) is 3.78. The maximum atomic E-state index is 13.9. The molecular weight excluding hydrogens is 265 g/mol. The number of carbonyl (C=O) groups excluding carboxylic acids is 1. The molecule has 21 heavy (non-hydrogen) atoms. The molecule has 2 aromatic rings. The number of nitrogens with zero attached hydrogens (tertiary/aromatic N) is 1. The van der Waals surface area contributed by atoms with E-state index in [1.807, 2.05) is 56.1 Å². The van der Waals surface area contributed by atoms with E-state index in [0.717, 1.165) is 5.69 Å². The average molecular weight is 285 g/mol. The second-order valence-electron chi connectivity index (χ2n) is 5.10. The van der Waals surface area contributed by atoms with Crippen molar-refractivity contribution < 1.29 is 9.18 Å². The van der Waals surface area contributed by atoms with E-state index in [4.69, 9.17) is 0 Å². The van der Waals surface area contributed by atoms with Crippen molar-refractivity contribution in [3.05, 3.63) is 65.5 Å². The fourth-order valence-corrected chi connectivity index (χ4v) is 2.44. The SMILES string of the molecule is CCC(=O)c1ccccc1N(C)C(C)c1ccccc1F. The Hall–Kier alpha value is -2.16. The molecule has 0 saturated carbocycles. The summed E-state index contributed by atoms with van der Waals surface area (Å²) in [5.41, 5.74) is 2.14. The Bertz CT molecular complexity index is 639. The Morgan fingerprint density at radius 3 is 2.43 bits per heavy atom. The highest BCUT2D eigenvalue weighted by atomic mass is 19.1. The van der Waals surface area contributed by atoms with Gasteiger partial charge in [-0.1, -0.05) is 37.3 Å². The fourth-order valence-electron chi connectivity index (χ4n) is 2.44. The number of Topliss-reactive ketones (excluding diaryl/α,β-unsaturated/α-hetero) is 1. The molecule has 0 fully saturated rings. The molecule has 1 unspecified atom stereocenters. The number of carbonyl (C=O) groups is 1. The first-order chi connectivity index (χ1) is 10.1. The van der Waals surface area contributed by atoms with Crippen molar-refractivity contribution in [1.82, 2.24) is 0 Å². The molecule has 0 aliphatic carbocycles. The largest absolute Gasteiger partial charge is 0.367 e. The highest BCUT2D eigenvalue weighted by Gasteiger charge is 2.19. The molecule has 0 radical (unpaired) electrons. The van der Waals surface area contributed by atoms with Crippen molar-refractivity contribution in [1.29, 1.82) is 0 Å². The van der Waals surface area contributed by atoms with Gasteiger partial charge in [0.1, 0.15) is 5.82 Å². The minimum absolute atomic E-state index is 0.0955. The summed E-state index contributed by atoms with van der Waals surface area (Å²) in [5.74, 6) is -0.130. The second-order valence-corrected chi connectivity index (χ2v) is 5.10. The summed E-state index contributed by atoms with van der Waals surface area (Å²) in [5, 5.41) is 0. The van der Waals surface area contributed by atoms with E-state index in [0.29, 0.717) is 17.5 Å². The third kappa shape index (κ3) is 3.13. The first-order valence-electron chi connectivity index (χ1n) is 7.15. The Kier molecular flexibility index (Phi) is 4.73. The number of benzene rings is 2. The van der Waals surface area contributed by atoms with Crippen LogP contribution in [0.5, 0.6) is 0 Å². The van der Waals surface area contributed by atoms with Crippen LogP contribution in [-0.4, -0.2) is 12.8 Å². The minimum atomic E-state index is -0.226. The lowest BCUT2D eigenvalue weighted by atomic mass is 10.0. The van der Waals surface area contributed by atoms with E-state index in [9.17, 15) is 9.18 Å². The number of rotatable bonds is 5. The maximum absolute atomic E-state index is 13.9. The number of anilines is 1. The standard InChI is InChI=1S/C18H20FNO/c1-4-18(21)15-10-6-8-12-17(15)20(3)13(2)14-9-5-7-11-16(14)19/h5-13H,4H2,1-3H3. The van der Waals surface area contributed by atoms with Crippen molar-refractivity contribution in [2.24, 2.45) is 0 Å². The van der Waals surface area contributed by atoms with Gasteiger partial charge < -0.3 is 4.90 Å². The van der Waals surface area contributed by atoms with Gasteiger partial charge in [-0.15, -0.1) is 0 Å². The number of hydrogen-bond acceptors (Lipinski definition) is 2. The van der Waals surface area contributed by atoms with Crippen LogP contribution in [0.3, 0.4) is 0 Å². The third-order valence-electron chi connectivity index (χ3n) is 3.84. The molecule has 0 aliphatic rings. The second kappa shape index (κ2) is 6.53. The molecule has 0 spiro atoms. The van der Waals surface area contributed by atoms with Gasteiger partial charge in [-0.05, 0) is 25.1 Å². The number of hydrogen-bond donors (Lipinski definition) is 0. The molecule has 0 heterocycles. The van der Waals surface area contributed by atoms with Crippen LogP contribution < -0.4 is 4.90 Å². The summed E-state index contributed by atoms with van der Waals surface area (Å²) in [6.07, 6.45) is 0.457. The monoisotopic (exact) mass is 285 g/mol. The predicted octanol–water partition coefficient (Wildman–Crippen LogP) is 4.62. The van der Waals surface area contributed by atoms with Gasteiger partial charge in [-0.3, -0.25) is 4.79 Å². The zero-order valence-corrected chi connectivity index (χ0v) is 12.6. The number of halogens is 1. The minimum Gasteiger partial charge on any atom is -0.367 e. The molecule has 0 aromatic heterocycles. The third-order valence-corrected chi connectivity index (χ3v) is 3.84. The van der Waals surface area contributed by atoms with Crippen molar-refractivity contribution in [2.45, 2.75) is 26.3 Å². The summed E-state index contributed by atoms with van der Waals surface area (Å²) in [6, 6.07) is 14.1. The maximum Gasteiger partial charge on any atom is 0.164 e. The van der Waals surface area contributed by atoms with E-state index < -0.39 is 0 Å².